The molecule has 0 aromatic heterocycles. The Labute approximate surface area is 181 Å². The zero-order valence-corrected chi connectivity index (χ0v) is 18.8. The Morgan fingerprint density at radius 2 is 1.83 bits per heavy atom. The van der Waals surface area contributed by atoms with Crippen molar-refractivity contribution < 1.29 is 14.3 Å². The van der Waals surface area contributed by atoms with Gasteiger partial charge >= 0.3 is 0 Å². The summed E-state index contributed by atoms with van der Waals surface area (Å²) in [7, 11) is 0. The maximum absolute atomic E-state index is 12.4. The molecule has 2 atom stereocenters. The van der Waals surface area contributed by atoms with Crippen molar-refractivity contribution in [2.75, 3.05) is 52.5 Å². The summed E-state index contributed by atoms with van der Waals surface area (Å²) in [5.74, 6) is 2.42. The van der Waals surface area contributed by atoms with E-state index >= 15 is 0 Å². The van der Waals surface area contributed by atoms with Gasteiger partial charge in [-0.2, -0.15) is 0 Å². The lowest BCUT2D eigenvalue weighted by Gasteiger charge is -2.39. The minimum absolute atomic E-state index is 0.0947. The Balaban J connectivity index is 1.31. The average Bonchev–Trinajstić information content (AvgIpc) is 2.74. The molecule has 0 aliphatic carbocycles. The van der Waals surface area contributed by atoms with Gasteiger partial charge < -0.3 is 19.7 Å². The van der Waals surface area contributed by atoms with E-state index in [1.807, 2.05) is 31.2 Å². The first-order valence-electron chi connectivity index (χ1n) is 11.7. The van der Waals surface area contributed by atoms with Gasteiger partial charge in [0.2, 0.25) is 5.91 Å². The lowest BCUT2D eigenvalue weighted by atomic mass is 9.95. The fourth-order valence-corrected chi connectivity index (χ4v) is 4.62. The number of nitrogens with zero attached hydrogens (tertiary/aromatic N) is 2. The number of carbonyl (C=O) groups is 1. The van der Waals surface area contributed by atoms with E-state index in [1.165, 1.54) is 45.2 Å². The number of benzene rings is 1. The molecule has 1 aromatic carbocycles. The summed E-state index contributed by atoms with van der Waals surface area (Å²) in [6.07, 6.45) is 6.52. The monoisotopic (exact) mass is 417 g/mol. The van der Waals surface area contributed by atoms with Crippen LogP contribution in [0.15, 0.2) is 24.3 Å². The van der Waals surface area contributed by atoms with Gasteiger partial charge in [0.25, 0.3) is 0 Å². The van der Waals surface area contributed by atoms with Gasteiger partial charge in [-0.3, -0.25) is 9.69 Å². The van der Waals surface area contributed by atoms with Crippen LogP contribution in [-0.4, -0.2) is 74.2 Å². The number of amides is 1. The van der Waals surface area contributed by atoms with Gasteiger partial charge in [0.15, 0.2) is 0 Å². The summed E-state index contributed by atoms with van der Waals surface area (Å²) in [6, 6.07) is 8.30. The van der Waals surface area contributed by atoms with Crippen molar-refractivity contribution in [2.24, 2.45) is 5.92 Å². The first-order valence-corrected chi connectivity index (χ1v) is 11.7. The van der Waals surface area contributed by atoms with Crippen LogP contribution in [0, 0.1) is 5.92 Å². The van der Waals surface area contributed by atoms with Crippen LogP contribution >= 0.6 is 0 Å². The molecule has 6 nitrogen and oxygen atoms in total. The molecule has 2 saturated heterocycles. The highest BCUT2D eigenvalue weighted by molar-refractivity contribution is 5.78. The SMILES string of the molecule is CCOc1ccc(OCCNC(=O)CN2CCCC(CN3CCCCC3C)C2)cc1. The zero-order valence-electron chi connectivity index (χ0n) is 18.8. The van der Waals surface area contributed by atoms with Crippen molar-refractivity contribution in [3.8, 4) is 11.5 Å². The predicted molar refractivity (Wildman–Crippen MR) is 120 cm³/mol. The molecule has 1 aromatic rings. The van der Waals surface area contributed by atoms with E-state index in [9.17, 15) is 4.79 Å². The Morgan fingerprint density at radius 1 is 1.07 bits per heavy atom. The lowest BCUT2D eigenvalue weighted by molar-refractivity contribution is -0.122. The third-order valence-corrected chi connectivity index (χ3v) is 6.23. The van der Waals surface area contributed by atoms with Gasteiger partial charge in [0.1, 0.15) is 18.1 Å². The molecule has 0 saturated carbocycles. The van der Waals surface area contributed by atoms with Crippen molar-refractivity contribution in [1.82, 2.24) is 15.1 Å². The molecule has 2 fully saturated rings. The van der Waals surface area contributed by atoms with E-state index in [0.29, 0.717) is 38.3 Å². The van der Waals surface area contributed by atoms with E-state index in [-0.39, 0.29) is 5.91 Å². The third kappa shape index (κ3) is 7.47. The van der Waals surface area contributed by atoms with Gasteiger partial charge in [0.05, 0.1) is 19.7 Å². The number of likely N-dealkylation sites (tertiary alicyclic amines) is 2. The van der Waals surface area contributed by atoms with Crippen LogP contribution in [0.5, 0.6) is 11.5 Å². The lowest BCUT2D eigenvalue weighted by Crippen LogP contribution is -2.47. The highest BCUT2D eigenvalue weighted by Crippen LogP contribution is 2.22. The van der Waals surface area contributed by atoms with Crippen LogP contribution in [0.1, 0.15) is 46.0 Å². The number of rotatable bonds is 10. The van der Waals surface area contributed by atoms with Crippen molar-refractivity contribution in [3.63, 3.8) is 0 Å². The fraction of sp³-hybridized carbons (Fsp3) is 0.708. The largest absolute Gasteiger partial charge is 0.494 e. The third-order valence-electron chi connectivity index (χ3n) is 6.23. The van der Waals surface area contributed by atoms with Gasteiger partial charge in [-0.25, -0.2) is 0 Å². The molecule has 168 valence electrons. The van der Waals surface area contributed by atoms with Gasteiger partial charge in [0, 0.05) is 19.1 Å². The summed E-state index contributed by atoms with van der Waals surface area (Å²) >= 11 is 0. The van der Waals surface area contributed by atoms with Gasteiger partial charge in [-0.05, 0) is 82.8 Å². The van der Waals surface area contributed by atoms with Crippen LogP contribution in [0.25, 0.3) is 0 Å². The number of carbonyl (C=O) groups excluding carboxylic acids is 1. The Morgan fingerprint density at radius 3 is 2.57 bits per heavy atom. The van der Waals surface area contributed by atoms with Crippen LogP contribution in [0.2, 0.25) is 0 Å². The second-order valence-corrected chi connectivity index (χ2v) is 8.69. The van der Waals surface area contributed by atoms with E-state index in [0.717, 1.165) is 24.6 Å². The average molecular weight is 418 g/mol. The molecule has 2 heterocycles. The quantitative estimate of drug-likeness (QED) is 0.593. The minimum Gasteiger partial charge on any atom is -0.494 e. The molecule has 30 heavy (non-hydrogen) atoms. The molecule has 0 bridgehead atoms. The van der Waals surface area contributed by atoms with E-state index in [1.54, 1.807) is 0 Å². The number of ether oxygens (including phenoxy) is 2. The molecule has 2 unspecified atom stereocenters. The number of hydrogen-bond donors (Lipinski definition) is 1. The smallest absolute Gasteiger partial charge is 0.234 e. The highest BCUT2D eigenvalue weighted by Gasteiger charge is 2.26. The van der Waals surface area contributed by atoms with Crippen LogP contribution in [0.4, 0.5) is 0 Å². The normalized spacial score (nSPS) is 23.1. The molecule has 1 N–H and O–H groups in total. The molecule has 2 aliphatic rings. The van der Waals surface area contributed by atoms with Crippen molar-refractivity contribution in [3.05, 3.63) is 24.3 Å². The fourth-order valence-electron chi connectivity index (χ4n) is 4.62. The Hall–Kier alpha value is -1.79. The topological polar surface area (TPSA) is 54.0 Å². The molecule has 2 aliphatic heterocycles. The number of hydrogen-bond acceptors (Lipinski definition) is 5. The number of piperidine rings is 2. The van der Waals surface area contributed by atoms with Crippen LogP contribution in [0.3, 0.4) is 0 Å². The molecule has 6 heteroatoms. The van der Waals surface area contributed by atoms with Crippen molar-refractivity contribution >= 4 is 5.91 Å². The van der Waals surface area contributed by atoms with Crippen LogP contribution in [-0.2, 0) is 4.79 Å². The Bertz CT molecular complexity index is 637. The van der Waals surface area contributed by atoms with E-state index < -0.39 is 0 Å². The highest BCUT2D eigenvalue weighted by atomic mass is 16.5. The maximum atomic E-state index is 12.4. The minimum atomic E-state index is 0.0947. The Kier molecular flexibility index (Phi) is 9.27. The first-order chi connectivity index (χ1) is 14.6. The summed E-state index contributed by atoms with van der Waals surface area (Å²) < 4.78 is 11.1. The van der Waals surface area contributed by atoms with Gasteiger partial charge in [-0.1, -0.05) is 6.42 Å². The molecular formula is C24H39N3O3. The van der Waals surface area contributed by atoms with Crippen molar-refractivity contribution in [2.45, 2.75) is 52.0 Å². The molecule has 3 rings (SSSR count). The summed E-state index contributed by atoms with van der Waals surface area (Å²) in [5.41, 5.74) is 0. The maximum Gasteiger partial charge on any atom is 0.234 e. The molecule has 0 spiro atoms. The summed E-state index contributed by atoms with van der Waals surface area (Å²) in [4.78, 5) is 17.3. The van der Waals surface area contributed by atoms with Gasteiger partial charge in [-0.15, -0.1) is 0 Å². The zero-order chi connectivity index (χ0) is 21.2. The second-order valence-electron chi connectivity index (χ2n) is 8.69. The predicted octanol–water partition coefficient (Wildman–Crippen LogP) is 3.17. The molecule has 0 radical (unpaired) electrons. The standard InChI is InChI=1S/C24H39N3O3/c1-3-29-22-9-11-23(12-10-22)30-16-13-25-24(28)19-26-14-6-8-21(17-26)18-27-15-5-4-7-20(27)2/h9-12,20-21H,3-8,13-19H2,1-2H3,(H,25,28). The summed E-state index contributed by atoms with van der Waals surface area (Å²) in [5, 5.41) is 2.99. The molecular weight excluding hydrogens is 378 g/mol. The van der Waals surface area contributed by atoms with Crippen molar-refractivity contribution in [1.29, 1.82) is 0 Å². The van der Waals surface area contributed by atoms with Crippen LogP contribution < -0.4 is 14.8 Å². The second kappa shape index (κ2) is 12.2. The summed E-state index contributed by atoms with van der Waals surface area (Å²) in [6.45, 7) is 11.0. The number of nitrogens with one attached hydrogen (secondary N) is 1. The van der Waals surface area contributed by atoms with E-state index in [4.69, 9.17) is 9.47 Å². The molecule has 1 amide bonds. The van der Waals surface area contributed by atoms with E-state index in [2.05, 4.69) is 22.0 Å². The first kappa shape index (κ1) is 22.9.